The van der Waals surface area contributed by atoms with Crippen molar-refractivity contribution in [2.75, 3.05) is 51.5 Å². The number of likely N-dealkylation sites (N-methyl/N-ethyl adjacent to an activating group) is 1. The number of aliphatic imine (C=N–C) groups is 1. The largest absolute Gasteiger partial charge is 0.511 e. The summed E-state index contributed by atoms with van der Waals surface area (Å²) in [6, 6.07) is 13.5. The van der Waals surface area contributed by atoms with Crippen LogP contribution in [-0.4, -0.2) is 74.5 Å². The minimum atomic E-state index is -0.835. The number of amidine groups is 1. The van der Waals surface area contributed by atoms with Gasteiger partial charge in [-0.1, -0.05) is 89.7 Å². The second-order valence-corrected chi connectivity index (χ2v) is 13.1. The molecule has 246 valence electrons. The highest BCUT2D eigenvalue weighted by Gasteiger charge is 2.31. The van der Waals surface area contributed by atoms with E-state index in [4.69, 9.17) is 19.2 Å². The van der Waals surface area contributed by atoms with E-state index < -0.39 is 19.0 Å². The minimum absolute atomic E-state index is 0.294. The van der Waals surface area contributed by atoms with Gasteiger partial charge in [-0.2, -0.15) is 0 Å². The Morgan fingerprint density at radius 2 is 1.42 bits per heavy atom. The van der Waals surface area contributed by atoms with E-state index in [9.17, 15) is 9.59 Å². The normalized spacial score (nSPS) is 14.7. The van der Waals surface area contributed by atoms with Gasteiger partial charge in [0.1, 0.15) is 5.84 Å². The van der Waals surface area contributed by atoms with E-state index >= 15 is 0 Å². The molecular formula is C35H49IN4O5. The van der Waals surface area contributed by atoms with Crippen molar-refractivity contribution in [2.45, 2.75) is 84.0 Å². The van der Waals surface area contributed by atoms with Gasteiger partial charge in [0.2, 0.25) is 6.79 Å². The summed E-state index contributed by atoms with van der Waals surface area (Å²) in [4.78, 5) is 36.9. The van der Waals surface area contributed by atoms with Crippen LogP contribution >= 0.6 is 22.6 Å². The van der Waals surface area contributed by atoms with Crippen LogP contribution in [0.4, 0.5) is 26.7 Å². The average molecular weight is 733 g/mol. The molecule has 0 spiro atoms. The number of anilines is 2. The van der Waals surface area contributed by atoms with Crippen LogP contribution in [0.15, 0.2) is 47.5 Å². The van der Waals surface area contributed by atoms with Crippen LogP contribution < -0.4 is 4.90 Å². The highest BCUT2D eigenvalue weighted by atomic mass is 127. The molecule has 2 aromatic rings. The van der Waals surface area contributed by atoms with E-state index in [1.54, 1.807) is 0 Å². The third kappa shape index (κ3) is 10.9. The van der Waals surface area contributed by atoms with Gasteiger partial charge in [-0.25, -0.2) is 19.5 Å². The lowest BCUT2D eigenvalue weighted by molar-refractivity contribution is -0.0127. The summed E-state index contributed by atoms with van der Waals surface area (Å²) in [7, 11) is 2.12. The molecule has 2 aromatic carbocycles. The molecule has 0 aromatic heterocycles. The topological polar surface area (TPSA) is 83.9 Å². The molecule has 2 aliphatic heterocycles. The van der Waals surface area contributed by atoms with E-state index in [0.717, 1.165) is 60.4 Å². The van der Waals surface area contributed by atoms with Crippen LogP contribution in [0.1, 0.15) is 89.5 Å². The smallest absolute Gasteiger partial charge is 0.434 e. The molecule has 10 heteroatoms. The van der Waals surface area contributed by atoms with E-state index in [-0.39, 0.29) is 0 Å². The fraction of sp³-hybridized carbons (Fsp3) is 0.571. The predicted octanol–water partition coefficient (Wildman–Crippen LogP) is 9.02. The molecule has 0 atom stereocenters. The summed E-state index contributed by atoms with van der Waals surface area (Å²) < 4.78 is 16.8. The third-order valence-corrected chi connectivity index (χ3v) is 9.02. The molecule has 45 heavy (non-hydrogen) atoms. The molecule has 9 nitrogen and oxygen atoms in total. The van der Waals surface area contributed by atoms with Gasteiger partial charge in [0.25, 0.3) is 0 Å². The summed E-state index contributed by atoms with van der Waals surface area (Å²) in [5.74, 6) is 0.829. The molecule has 2 aliphatic rings. The van der Waals surface area contributed by atoms with Crippen molar-refractivity contribution in [3.63, 3.8) is 0 Å². The van der Waals surface area contributed by atoms with Crippen LogP contribution in [0.2, 0.25) is 0 Å². The molecule has 4 rings (SSSR count). The third-order valence-electron chi connectivity index (χ3n) is 8.35. The van der Waals surface area contributed by atoms with Crippen LogP contribution in [-0.2, 0) is 14.2 Å². The Bertz CT molecular complexity index is 1260. The van der Waals surface area contributed by atoms with Crippen molar-refractivity contribution >= 4 is 57.7 Å². The number of ether oxygens (including phenoxy) is 3. The first kappa shape index (κ1) is 35.0. The maximum Gasteiger partial charge on any atom is 0.511 e. The summed E-state index contributed by atoms with van der Waals surface area (Å²) in [6.45, 7) is 5.54. The average Bonchev–Trinajstić information content (AvgIpc) is 3.18. The first-order valence-electron chi connectivity index (χ1n) is 16.7. The summed E-state index contributed by atoms with van der Waals surface area (Å²) in [5, 5.41) is 0. The second kappa shape index (κ2) is 19.0. The van der Waals surface area contributed by atoms with Crippen molar-refractivity contribution in [3.05, 3.63) is 51.6 Å². The van der Waals surface area contributed by atoms with Gasteiger partial charge in [0, 0.05) is 35.3 Å². The van der Waals surface area contributed by atoms with Gasteiger partial charge in [-0.05, 0) is 66.4 Å². The van der Waals surface area contributed by atoms with Gasteiger partial charge in [-0.3, -0.25) is 0 Å². The number of rotatable bonds is 15. The molecule has 0 bridgehead atoms. The van der Waals surface area contributed by atoms with Crippen molar-refractivity contribution in [1.29, 1.82) is 0 Å². The zero-order valence-corrected chi connectivity index (χ0v) is 29.1. The Kier molecular flexibility index (Phi) is 14.7. The van der Waals surface area contributed by atoms with E-state index in [0.29, 0.717) is 23.7 Å². The number of nitrogens with zero attached hydrogens (tertiary/aromatic N) is 4. The van der Waals surface area contributed by atoms with Crippen LogP contribution in [0.3, 0.4) is 0 Å². The molecule has 1 amide bonds. The lowest BCUT2D eigenvalue weighted by Gasteiger charge is -2.35. The maximum atomic E-state index is 13.6. The molecule has 0 aliphatic carbocycles. The molecule has 1 fully saturated rings. The van der Waals surface area contributed by atoms with Crippen LogP contribution in [0.5, 0.6) is 0 Å². The Hall–Kier alpha value is -2.86. The summed E-state index contributed by atoms with van der Waals surface area (Å²) in [6.07, 6.45) is 13.4. The number of para-hydroxylation sites is 1. The molecule has 0 saturated carbocycles. The van der Waals surface area contributed by atoms with Crippen LogP contribution in [0, 0.1) is 3.57 Å². The zero-order chi connectivity index (χ0) is 31.9. The van der Waals surface area contributed by atoms with Gasteiger partial charge >= 0.3 is 12.2 Å². The maximum absolute atomic E-state index is 13.6. The quantitative estimate of drug-likeness (QED) is 0.0783. The van der Waals surface area contributed by atoms with Gasteiger partial charge in [-0.15, -0.1) is 0 Å². The molecule has 0 N–H and O–H groups in total. The highest BCUT2D eigenvalue weighted by Crippen LogP contribution is 2.41. The first-order chi connectivity index (χ1) is 22.0. The highest BCUT2D eigenvalue weighted by molar-refractivity contribution is 14.1. The predicted molar refractivity (Wildman–Crippen MR) is 188 cm³/mol. The number of unbranched alkanes of at least 4 members (excludes halogenated alkanes) is 11. The number of amides is 1. The monoisotopic (exact) mass is 732 g/mol. The zero-order valence-electron chi connectivity index (χ0n) is 27.0. The van der Waals surface area contributed by atoms with Crippen LogP contribution in [0.25, 0.3) is 0 Å². The lowest BCUT2D eigenvalue weighted by atomic mass is 10.1. The number of fused-ring (bicyclic) bond motifs is 2. The number of halogens is 1. The second-order valence-electron chi connectivity index (χ2n) is 11.9. The van der Waals surface area contributed by atoms with E-state index in [1.165, 1.54) is 62.7 Å². The first-order valence-corrected chi connectivity index (χ1v) is 17.7. The fourth-order valence-electron chi connectivity index (χ4n) is 5.73. The van der Waals surface area contributed by atoms with E-state index in [1.807, 2.05) is 42.5 Å². The lowest BCUT2D eigenvalue weighted by Crippen LogP contribution is -2.47. The Labute approximate surface area is 282 Å². The SMILES string of the molecule is CCCCCCCCCCCCCCOC(=O)OCOC(=O)N1c2ccc(I)cc2N=C(N2CCN(C)CC2)c2ccccc21. The molecular weight excluding hydrogens is 683 g/mol. The van der Waals surface area contributed by atoms with Crippen molar-refractivity contribution in [2.24, 2.45) is 4.99 Å². The summed E-state index contributed by atoms with van der Waals surface area (Å²) >= 11 is 2.25. The Morgan fingerprint density at radius 1 is 0.778 bits per heavy atom. The standard InChI is InChI=1S/C35H49IN4O5/c1-3-4-5-6-7-8-9-10-11-12-13-16-25-43-35(42)45-27-44-34(41)40-31-18-15-14-17-29(31)33(39-23-21-38(2)22-24-39)37-30-26-28(36)19-20-32(30)40/h14-15,17-20,26H,3-13,16,21-25,27H2,1-2H3. The number of carbonyl (C=O) groups excluding carboxylic acids is 2. The molecule has 0 unspecified atom stereocenters. The van der Waals surface area contributed by atoms with Crippen molar-refractivity contribution < 1.29 is 23.8 Å². The van der Waals surface area contributed by atoms with Gasteiger partial charge < -0.3 is 24.0 Å². The summed E-state index contributed by atoms with van der Waals surface area (Å²) in [5.41, 5.74) is 2.78. The van der Waals surface area contributed by atoms with Gasteiger partial charge in [0.05, 0.1) is 23.7 Å². The fourth-order valence-corrected chi connectivity index (χ4v) is 6.20. The minimum Gasteiger partial charge on any atom is -0.434 e. The molecule has 1 saturated heterocycles. The number of hydrogen-bond acceptors (Lipinski definition) is 8. The Balaban J connectivity index is 1.23. The van der Waals surface area contributed by atoms with Crippen molar-refractivity contribution in [3.8, 4) is 0 Å². The van der Waals surface area contributed by atoms with E-state index in [2.05, 4.69) is 46.4 Å². The Morgan fingerprint density at radius 3 is 2.11 bits per heavy atom. The molecule has 2 heterocycles. The number of hydrogen-bond donors (Lipinski definition) is 0. The van der Waals surface area contributed by atoms with Crippen molar-refractivity contribution in [1.82, 2.24) is 9.80 Å². The number of benzene rings is 2. The number of carbonyl (C=O) groups is 2. The number of piperazine rings is 1. The molecule has 0 radical (unpaired) electrons. The van der Waals surface area contributed by atoms with Gasteiger partial charge in [0.15, 0.2) is 0 Å².